The van der Waals surface area contributed by atoms with E-state index >= 15 is 0 Å². The summed E-state index contributed by atoms with van der Waals surface area (Å²) in [5, 5.41) is 5.68. The van der Waals surface area contributed by atoms with Crippen molar-refractivity contribution in [3.63, 3.8) is 0 Å². The molecule has 1 aliphatic rings. The molecule has 0 radical (unpaired) electrons. The van der Waals surface area contributed by atoms with Gasteiger partial charge in [-0.05, 0) is 51.0 Å². The van der Waals surface area contributed by atoms with Gasteiger partial charge >= 0.3 is 0 Å². The summed E-state index contributed by atoms with van der Waals surface area (Å²) in [5.41, 5.74) is 1.99. The van der Waals surface area contributed by atoms with Gasteiger partial charge in [-0.1, -0.05) is 29.8 Å². The number of hydrogen-bond donors (Lipinski definition) is 2. The maximum Gasteiger partial charge on any atom is 0.265 e. The lowest BCUT2D eigenvalue weighted by molar-refractivity contribution is -0.122. The molecule has 0 aromatic heterocycles. The largest absolute Gasteiger partial charge is 0.481 e. The minimum Gasteiger partial charge on any atom is -0.481 e. The Bertz CT molecular complexity index is 814. The van der Waals surface area contributed by atoms with Crippen molar-refractivity contribution in [1.29, 1.82) is 0 Å². The van der Waals surface area contributed by atoms with Crippen LogP contribution in [0.2, 0.25) is 0 Å². The third-order valence-electron chi connectivity index (χ3n) is 4.65. The van der Waals surface area contributed by atoms with Gasteiger partial charge in [0.15, 0.2) is 6.10 Å². The summed E-state index contributed by atoms with van der Waals surface area (Å²) in [4.78, 5) is 25.1. The van der Waals surface area contributed by atoms with Gasteiger partial charge in [-0.15, -0.1) is 0 Å². The lowest BCUT2D eigenvalue weighted by Gasteiger charge is -2.17. The molecule has 2 N–H and O–H groups in total. The molecule has 0 bridgehead atoms. The van der Waals surface area contributed by atoms with E-state index in [4.69, 9.17) is 9.47 Å². The van der Waals surface area contributed by atoms with Crippen LogP contribution in [0.4, 0.5) is 5.69 Å². The number of ether oxygens (including phenoxy) is 2. The molecule has 2 aromatic carbocycles. The Morgan fingerprint density at radius 3 is 2.64 bits per heavy atom. The summed E-state index contributed by atoms with van der Waals surface area (Å²) in [7, 11) is 0. The molecule has 148 valence electrons. The highest BCUT2D eigenvalue weighted by Crippen LogP contribution is 2.18. The fourth-order valence-electron chi connectivity index (χ4n) is 3.01. The molecule has 2 unspecified atom stereocenters. The predicted octanol–water partition coefficient (Wildman–Crippen LogP) is 3.31. The maximum atomic E-state index is 12.5. The molecule has 2 atom stereocenters. The van der Waals surface area contributed by atoms with Crippen LogP contribution in [0.1, 0.15) is 35.7 Å². The Balaban J connectivity index is 1.60. The van der Waals surface area contributed by atoms with Gasteiger partial charge in [0.25, 0.3) is 11.8 Å². The smallest absolute Gasteiger partial charge is 0.265 e. The van der Waals surface area contributed by atoms with E-state index in [1.807, 2.05) is 31.2 Å². The number of benzene rings is 2. The second-order valence-electron chi connectivity index (χ2n) is 6.95. The zero-order valence-corrected chi connectivity index (χ0v) is 16.2. The average Bonchev–Trinajstić information content (AvgIpc) is 3.22. The molecule has 0 saturated carbocycles. The third-order valence-corrected chi connectivity index (χ3v) is 4.65. The molecule has 1 heterocycles. The van der Waals surface area contributed by atoms with E-state index in [9.17, 15) is 9.59 Å². The molecule has 0 spiro atoms. The highest BCUT2D eigenvalue weighted by atomic mass is 16.5. The summed E-state index contributed by atoms with van der Waals surface area (Å²) in [6, 6.07) is 14.4. The van der Waals surface area contributed by atoms with E-state index in [0.29, 0.717) is 23.5 Å². The number of aryl methyl sites for hydroxylation is 1. The second-order valence-corrected chi connectivity index (χ2v) is 6.95. The molecule has 28 heavy (non-hydrogen) atoms. The van der Waals surface area contributed by atoms with Crippen molar-refractivity contribution < 1.29 is 19.1 Å². The first-order valence-electron chi connectivity index (χ1n) is 9.56. The van der Waals surface area contributed by atoms with Gasteiger partial charge in [-0.25, -0.2) is 0 Å². The number of para-hydroxylation sites is 1. The summed E-state index contributed by atoms with van der Waals surface area (Å²) < 4.78 is 11.2. The predicted molar refractivity (Wildman–Crippen MR) is 108 cm³/mol. The number of hydrogen-bond acceptors (Lipinski definition) is 4. The number of carbonyl (C=O) groups excluding carboxylic acids is 2. The van der Waals surface area contributed by atoms with Crippen LogP contribution in [0.15, 0.2) is 48.5 Å². The van der Waals surface area contributed by atoms with Crippen LogP contribution < -0.4 is 15.4 Å². The van der Waals surface area contributed by atoms with E-state index in [-0.39, 0.29) is 17.9 Å². The van der Waals surface area contributed by atoms with Crippen molar-refractivity contribution in [2.45, 2.75) is 38.9 Å². The first kappa shape index (κ1) is 19.9. The standard InChI is InChI=1S/C22H26N2O4/c1-15-9-11-17(12-10-15)28-16(2)21(25)24-20-8-4-3-7-19(20)22(26)23-14-18-6-5-13-27-18/h3-4,7-12,16,18H,5-6,13-14H2,1-2H3,(H,23,26)(H,24,25). The van der Waals surface area contributed by atoms with Crippen LogP contribution in [-0.4, -0.2) is 37.2 Å². The van der Waals surface area contributed by atoms with Crippen molar-refractivity contribution in [2.75, 3.05) is 18.5 Å². The molecule has 1 saturated heterocycles. The lowest BCUT2D eigenvalue weighted by Crippen LogP contribution is -2.34. The first-order valence-corrected chi connectivity index (χ1v) is 9.56. The van der Waals surface area contributed by atoms with Gasteiger partial charge in [0.1, 0.15) is 5.75 Å². The van der Waals surface area contributed by atoms with Crippen LogP contribution in [0.3, 0.4) is 0 Å². The first-order chi connectivity index (χ1) is 13.5. The maximum absolute atomic E-state index is 12.5. The summed E-state index contributed by atoms with van der Waals surface area (Å²) >= 11 is 0. The van der Waals surface area contributed by atoms with Crippen LogP contribution >= 0.6 is 0 Å². The van der Waals surface area contributed by atoms with Gasteiger partial charge in [0, 0.05) is 13.2 Å². The minimum absolute atomic E-state index is 0.0636. The second kappa shape index (κ2) is 9.37. The zero-order chi connectivity index (χ0) is 19.9. The minimum atomic E-state index is -0.703. The summed E-state index contributed by atoms with van der Waals surface area (Å²) in [6.07, 6.45) is 1.33. The number of amides is 2. The summed E-state index contributed by atoms with van der Waals surface area (Å²) in [5.74, 6) is 0.0642. The highest BCUT2D eigenvalue weighted by Gasteiger charge is 2.20. The van der Waals surface area contributed by atoms with Gasteiger partial charge in [-0.2, -0.15) is 0 Å². The fraction of sp³-hybridized carbons (Fsp3) is 0.364. The van der Waals surface area contributed by atoms with E-state index in [1.165, 1.54) is 0 Å². The molecule has 1 aliphatic heterocycles. The Morgan fingerprint density at radius 1 is 1.18 bits per heavy atom. The molecule has 2 aromatic rings. The molecular formula is C22H26N2O4. The Morgan fingerprint density at radius 2 is 1.93 bits per heavy atom. The van der Waals surface area contributed by atoms with Gasteiger partial charge in [-0.3, -0.25) is 9.59 Å². The molecule has 6 heteroatoms. The molecular weight excluding hydrogens is 356 g/mol. The van der Waals surface area contributed by atoms with Crippen LogP contribution in [0.25, 0.3) is 0 Å². The lowest BCUT2D eigenvalue weighted by atomic mass is 10.1. The normalized spacial score (nSPS) is 17.0. The van der Waals surface area contributed by atoms with E-state index in [1.54, 1.807) is 31.2 Å². The highest BCUT2D eigenvalue weighted by molar-refractivity contribution is 6.04. The molecule has 0 aliphatic carbocycles. The molecule has 2 amide bonds. The van der Waals surface area contributed by atoms with Gasteiger partial charge in [0.2, 0.25) is 0 Å². The SMILES string of the molecule is Cc1ccc(OC(C)C(=O)Nc2ccccc2C(=O)NCC2CCCO2)cc1. The molecule has 6 nitrogen and oxygen atoms in total. The average molecular weight is 382 g/mol. The number of rotatable bonds is 7. The number of nitrogens with one attached hydrogen (secondary N) is 2. The molecule has 3 rings (SSSR count). The van der Waals surface area contributed by atoms with Crippen LogP contribution in [-0.2, 0) is 9.53 Å². The monoisotopic (exact) mass is 382 g/mol. The third kappa shape index (κ3) is 5.33. The zero-order valence-electron chi connectivity index (χ0n) is 16.2. The Labute approximate surface area is 165 Å². The fourth-order valence-corrected chi connectivity index (χ4v) is 3.01. The van der Waals surface area contributed by atoms with Crippen molar-refractivity contribution >= 4 is 17.5 Å². The van der Waals surface area contributed by atoms with Gasteiger partial charge < -0.3 is 20.1 Å². The van der Waals surface area contributed by atoms with Crippen LogP contribution in [0, 0.1) is 6.92 Å². The Hall–Kier alpha value is -2.86. The van der Waals surface area contributed by atoms with Gasteiger partial charge in [0.05, 0.1) is 17.4 Å². The Kier molecular flexibility index (Phi) is 6.66. The van der Waals surface area contributed by atoms with Crippen molar-refractivity contribution in [3.8, 4) is 5.75 Å². The van der Waals surface area contributed by atoms with E-state index < -0.39 is 6.10 Å². The number of carbonyl (C=O) groups is 2. The van der Waals surface area contributed by atoms with Crippen molar-refractivity contribution in [2.24, 2.45) is 0 Å². The quantitative estimate of drug-likeness (QED) is 0.770. The van der Waals surface area contributed by atoms with Crippen molar-refractivity contribution in [3.05, 3.63) is 59.7 Å². The van der Waals surface area contributed by atoms with E-state index in [2.05, 4.69) is 10.6 Å². The number of anilines is 1. The molecule has 1 fully saturated rings. The van der Waals surface area contributed by atoms with E-state index in [0.717, 1.165) is 25.0 Å². The topological polar surface area (TPSA) is 76.7 Å². The summed E-state index contributed by atoms with van der Waals surface area (Å²) in [6.45, 7) is 4.87. The van der Waals surface area contributed by atoms with Crippen LogP contribution in [0.5, 0.6) is 5.75 Å². The van der Waals surface area contributed by atoms with Crippen molar-refractivity contribution in [1.82, 2.24) is 5.32 Å².